The second-order valence-corrected chi connectivity index (χ2v) is 3.59. The van der Waals surface area contributed by atoms with Gasteiger partial charge in [-0.15, -0.1) is 0 Å². The molecule has 0 N–H and O–H groups in total. The summed E-state index contributed by atoms with van der Waals surface area (Å²) in [5.41, 5.74) is 1.32. The molecule has 0 spiro atoms. The van der Waals surface area contributed by atoms with Crippen molar-refractivity contribution in [2.45, 2.75) is 6.92 Å². The molecule has 0 bridgehead atoms. The normalized spacial score (nSPS) is 8.25. The number of benzene rings is 1. The fourth-order valence-corrected chi connectivity index (χ4v) is 0.534. The summed E-state index contributed by atoms with van der Waals surface area (Å²) in [7, 11) is 0. The Morgan fingerprint density at radius 1 is 1.33 bits per heavy atom. The summed E-state index contributed by atoms with van der Waals surface area (Å²) in [4.78, 5) is 9.68. The Labute approximate surface area is 89.4 Å². The first-order valence-electron chi connectivity index (χ1n) is 3.42. The molecule has 0 saturated carbocycles. The zero-order chi connectivity index (χ0) is 9.40. The number of aryl methyl sites for hydroxylation is 1. The van der Waals surface area contributed by atoms with E-state index in [2.05, 4.69) is 50.9 Å². The highest BCUT2D eigenvalue weighted by atomic mass is 79.9. The van der Waals surface area contributed by atoms with Crippen LogP contribution >= 0.6 is 31.9 Å². The van der Waals surface area contributed by atoms with E-state index in [0.29, 0.717) is 5.33 Å². The highest BCUT2D eigenvalue weighted by Crippen LogP contribution is 1.92. The number of halogens is 2. The summed E-state index contributed by atoms with van der Waals surface area (Å²) in [5, 5.41) is 0.396. The van der Waals surface area contributed by atoms with Gasteiger partial charge < -0.3 is 0 Å². The van der Waals surface area contributed by atoms with Gasteiger partial charge in [-0.2, -0.15) is 0 Å². The SMILES string of the molecule is Cc1ccccc1.O=C(Br)CBr. The minimum absolute atomic E-state index is 0.0162. The van der Waals surface area contributed by atoms with Gasteiger partial charge in [0.15, 0.2) is 0 Å². The molecule has 0 aliphatic heterocycles. The molecule has 0 radical (unpaired) electrons. The molecule has 1 nitrogen and oxygen atoms in total. The number of hydrogen-bond donors (Lipinski definition) is 0. The first-order chi connectivity index (χ1) is 5.66. The second kappa shape index (κ2) is 7.50. The van der Waals surface area contributed by atoms with Crippen LogP contribution < -0.4 is 0 Å². The molecule has 0 fully saturated rings. The number of carbonyl (C=O) groups excluding carboxylic acids is 1. The van der Waals surface area contributed by atoms with Crippen molar-refractivity contribution in [3.63, 3.8) is 0 Å². The van der Waals surface area contributed by atoms with Crippen LogP contribution in [0.4, 0.5) is 0 Å². The summed E-state index contributed by atoms with van der Waals surface area (Å²) in [6.07, 6.45) is 0. The molecule has 0 atom stereocenters. The minimum Gasteiger partial charge on any atom is -0.286 e. The van der Waals surface area contributed by atoms with E-state index in [1.165, 1.54) is 5.56 Å². The molecule has 0 aliphatic rings. The Hall–Kier alpha value is -0.150. The Balaban J connectivity index is 0.000000217. The van der Waals surface area contributed by atoms with E-state index in [1.807, 2.05) is 18.2 Å². The molecular formula is C9H10Br2O. The van der Waals surface area contributed by atoms with Gasteiger partial charge in [0.25, 0.3) is 0 Å². The standard InChI is InChI=1S/C7H8.C2H2Br2O/c1-7-5-3-2-4-6-7;3-1-2(4)5/h2-6H,1H3;1H2. The van der Waals surface area contributed by atoms with Crippen molar-refractivity contribution in [2.24, 2.45) is 0 Å². The fourth-order valence-electron chi connectivity index (χ4n) is 0.534. The molecule has 0 amide bonds. The van der Waals surface area contributed by atoms with Gasteiger partial charge in [-0.25, -0.2) is 0 Å². The van der Waals surface area contributed by atoms with Crippen molar-refractivity contribution in [1.29, 1.82) is 0 Å². The van der Waals surface area contributed by atoms with Crippen molar-refractivity contribution in [3.8, 4) is 0 Å². The van der Waals surface area contributed by atoms with Crippen molar-refractivity contribution in [2.75, 3.05) is 5.33 Å². The summed E-state index contributed by atoms with van der Waals surface area (Å²) in [5.74, 6) is 0. The molecule has 1 rings (SSSR count). The smallest absolute Gasteiger partial charge is 0.208 e. The molecule has 66 valence electrons. The van der Waals surface area contributed by atoms with Gasteiger partial charge in [-0.1, -0.05) is 51.8 Å². The van der Waals surface area contributed by atoms with E-state index < -0.39 is 0 Å². The third-order valence-electron chi connectivity index (χ3n) is 1.05. The van der Waals surface area contributed by atoms with Crippen LogP contribution in [0, 0.1) is 6.92 Å². The van der Waals surface area contributed by atoms with Gasteiger partial charge >= 0.3 is 0 Å². The van der Waals surface area contributed by atoms with Crippen LogP contribution in [0.5, 0.6) is 0 Å². The summed E-state index contributed by atoms with van der Waals surface area (Å²) >= 11 is 5.60. The van der Waals surface area contributed by atoms with E-state index in [9.17, 15) is 4.79 Å². The van der Waals surface area contributed by atoms with Crippen molar-refractivity contribution in [1.82, 2.24) is 0 Å². The maximum atomic E-state index is 9.68. The third kappa shape index (κ3) is 7.95. The number of carbonyl (C=O) groups is 1. The number of alkyl halides is 1. The summed E-state index contributed by atoms with van der Waals surface area (Å²) < 4.78 is -0.0162. The monoisotopic (exact) mass is 292 g/mol. The highest BCUT2D eigenvalue weighted by Gasteiger charge is 1.82. The quantitative estimate of drug-likeness (QED) is 0.574. The van der Waals surface area contributed by atoms with Gasteiger partial charge in [-0.05, 0) is 22.9 Å². The lowest BCUT2D eigenvalue weighted by Gasteiger charge is -1.82. The van der Waals surface area contributed by atoms with Crippen LogP contribution in [-0.2, 0) is 4.79 Å². The van der Waals surface area contributed by atoms with E-state index >= 15 is 0 Å². The lowest BCUT2D eigenvalue weighted by Crippen LogP contribution is -1.79. The molecule has 0 saturated heterocycles. The van der Waals surface area contributed by atoms with Crippen LogP contribution in [0.15, 0.2) is 30.3 Å². The molecule has 1 aromatic rings. The molecule has 0 aromatic heterocycles. The van der Waals surface area contributed by atoms with E-state index in [-0.39, 0.29) is 4.69 Å². The predicted octanol–water partition coefficient (Wildman–Crippen LogP) is 3.30. The molecule has 12 heavy (non-hydrogen) atoms. The van der Waals surface area contributed by atoms with Gasteiger partial charge in [0.1, 0.15) is 0 Å². The molecule has 1 aromatic carbocycles. The van der Waals surface area contributed by atoms with E-state index in [4.69, 9.17) is 0 Å². The first-order valence-corrected chi connectivity index (χ1v) is 5.34. The van der Waals surface area contributed by atoms with Crippen LogP contribution in [0.1, 0.15) is 5.56 Å². The van der Waals surface area contributed by atoms with E-state index in [0.717, 1.165) is 0 Å². The average molecular weight is 294 g/mol. The van der Waals surface area contributed by atoms with Crippen LogP contribution in [0.2, 0.25) is 0 Å². The van der Waals surface area contributed by atoms with E-state index in [1.54, 1.807) is 0 Å². The molecule has 0 unspecified atom stereocenters. The van der Waals surface area contributed by atoms with Gasteiger partial charge in [0.05, 0.1) is 5.33 Å². The van der Waals surface area contributed by atoms with Crippen molar-refractivity contribution < 1.29 is 4.79 Å². The maximum absolute atomic E-state index is 9.68. The number of rotatable bonds is 1. The lowest BCUT2D eigenvalue weighted by molar-refractivity contribution is -0.108. The highest BCUT2D eigenvalue weighted by molar-refractivity contribution is 9.19. The van der Waals surface area contributed by atoms with Gasteiger partial charge in [-0.3, -0.25) is 4.79 Å². The predicted molar refractivity (Wildman–Crippen MR) is 58.9 cm³/mol. The van der Waals surface area contributed by atoms with Crippen LogP contribution in [-0.4, -0.2) is 10.0 Å². The average Bonchev–Trinajstić information content (AvgIpc) is 2.07. The van der Waals surface area contributed by atoms with Crippen molar-refractivity contribution in [3.05, 3.63) is 35.9 Å². The van der Waals surface area contributed by atoms with Crippen LogP contribution in [0.3, 0.4) is 0 Å². The first kappa shape index (κ1) is 11.8. The fraction of sp³-hybridized carbons (Fsp3) is 0.222. The molecule has 3 heteroatoms. The van der Waals surface area contributed by atoms with Gasteiger partial charge in [0.2, 0.25) is 4.69 Å². The molecule has 0 heterocycles. The Morgan fingerprint density at radius 2 is 1.75 bits per heavy atom. The Morgan fingerprint density at radius 3 is 1.92 bits per heavy atom. The van der Waals surface area contributed by atoms with Gasteiger partial charge in [0, 0.05) is 0 Å². The minimum atomic E-state index is -0.0162. The Kier molecular flexibility index (Phi) is 7.40. The molecule has 0 aliphatic carbocycles. The van der Waals surface area contributed by atoms with Crippen LogP contribution in [0.25, 0.3) is 0 Å². The zero-order valence-electron chi connectivity index (χ0n) is 6.76. The van der Waals surface area contributed by atoms with Crippen molar-refractivity contribution >= 4 is 36.6 Å². The summed E-state index contributed by atoms with van der Waals surface area (Å²) in [6, 6.07) is 10.3. The maximum Gasteiger partial charge on any atom is 0.208 e. The third-order valence-corrected chi connectivity index (χ3v) is 2.59. The zero-order valence-corrected chi connectivity index (χ0v) is 9.93. The Bertz CT molecular complexity index is 221. The lowest BCUT2D eigenvalue weighted by atomic mass is 10.2. The topological polar surface area (TPSA) is 17.1 Å². The number of hydrogen-bond acceptors (Lipinski definition) is 1. The largest absolute Gasteiger partial charge is 0.286 e. The molecular weight excluding hydrogens is 284 g/mol. The second-order valence-electron chi connectivity index (χ2n) is 2.14. The summed E-state index contributed by atoms with van der Waals surface area (Å²) in [6.45, 7) is 2.08.